The lowest BCUT2D eigenvalue weighted by Crippen LogP contribution is -2.38. The van der Waals surface area contributed by atoms with Gasteiger partial charge in [-0.1, -0.05) is 6.42 Å². The number of halogens is 1. The summed E-state index contributed by atoms with van der Waals surface area (Å²) in [6.45, 7) is 3.35. The maximum absolute atomic E-state index is 15.3. The third-order valence-corrected chi connectivity index (χ3v) is 6.81. The molecule has 8 heteroatoms. The van der Waals surface area contributed by atoms with Crippen molar-refractivity contribution in [2.75, 3.05) is 24.6 Å². The van der Waals surface area contributed by atoms with Gasteiger partial charge < -0.3 is 20.5 Å². The maximum Gasteiger partial charge on any atom is 0.341 e. The molecule has 29 heavy (non-hydrogen) atoms. The lowest BCUT2D eigenvalue weighted by Gasteiger charge is -2.31. The number of aromatic carboxylic acids is 1. The zero-order chi connectivity index (χ0) is 20.4. The number of fused-ring (bicyclic) bond motifs is 1. The Morgan fingerprint density at radius 3 is 2.83 bits per heavy atom. The van der Waals surface area contributed by atoms with Crippen LogP contribution in [0.3, 0.4) is 0 Å². The van der Waals surface area contributed by atoms with Crippen molar-refractivity contribution in [1.82, 2.24) is 4.57 Å². The number of aromatic nitrogens is 1. The fraction of sp³-hybridized carbons (Fsp3) is 0.524. The molecule has 7 nitrogen and oxygen atoms in total. The molecule has 2 fully saturated rings. The van der Waals surface area contributed by atoms with Crippen LogP contribution in [0.2, 0.25) is 0 Å². The monoisotopic (exact) mass is 401 g/mol. The second-order valence-corrected chi connectivity index (χ2v) is 8.60. The summed E-state index contributed by atoms with van der Waals surface area (Å²) in [6.07, 6.45) is 3.17. The van der Waals surface area contributed by atoms with Gasteiger partial charge in [0.05, 0.1) is 11.6 Å². The van der Waals surface area contributed by atoms with Crippen LogP contribution in [-0.4, -0.2) is 41.4 Å². The Balaban J connectivity index is 1.71. The minimum Gasteiger partial charge on any atom is -0.487 e. The van der Waals surface area contributed by atoms with Crippen LogP contribution in [-0.2, 0) is 0 Å². The minimum atomic E-state index is -1.32. The summed E-state index contributed by atoms with van der Waals surface area (Å²) >= 11 is 0. The highest BCUT2D eigenvalue weighted by molar-refractivity contribution is 5.97. The zero-order valence-electron chi connectivity index (χ0n) is 16.2. The molecule has 3 heterocycles. The van der Waals surface area contributed by atoms with Gasteiger partial charge in [-0.05, 0) is 43.7 Å². The van der Waals surface area contributed by atoms with Gasteiger partial charge in [0.25, 0.3) is 5.56 Å². The van der Waals surface area contributed by atoms with Gasteiger partial charge in [0.2, 0.25) is 0 Å². The molecule has 1 aliphatic carbocycles. The van der Waals surface area contributed by atoms with Crippen LogP contribution in [0.15, 0.2) is 16.9 Å². The fourth-order valence-corrected chi connectivity index (χ4v) is 5.41. The lowest BCUT2D eigenvalue weighted by molar-refractivity contribution is 0.0694. The van der Waals surface area contributed by atoms with Crippen molar-refractivity contribution in [3.8, 4) is 5.75 Å². The summed E-state index contributed by atoms with van der Waals surface area (Å²) < 4.78 is 22.7. The number of ether oxygens (including phenoxy) is 1. The first-order valence-electron chi connectivity index (χ1n) is 10.1. The molecule has 1 saturated carbocycles. The number of hydrogen-bond acceptors (Lipinski definition) is 5. The number of carboxylic acid groups (broad SMARTS) is 1. The van der Waals surface area contributed by atoms with Gasteiger partial charge >= 0.3 is 5.97 Å². The Kier molecular flexibility index (Phi) is 4.10. The number of hydrogen-bond donors (Lipinski definition) is 2. The number of nitrogens with two attached hydrogens (primary N) is 1. The van der Waals surface area contributed by atoms with E-state index in [1.807, 2.05) is 4.90 Å². The maximum atomic E-state index is 15.3. The highest BCUT2D eigenvalue weighted by atomic mass is 19.1. The van der Waals surface area contributed by atoms with Crippen LogP contribution in [0.1, 0.15) is 42.6 Å². The number of benzene rings is 1. The molecule has 0 spiro atoms. The normalized spacial score (nSPS) is 28.3. The topological polar surface area (TPSA) is 97.8 Å². The van der Waals surface area contributed by atoms with E-state index in [1.165, 1.54) is 16.7 Å². The van der Waals surface area contributed by atoms with Crippen molar-refractivity contribution in [2.24, 2.45) is 17.6 Å². The molecule has 1 saturated heterocycles. The molecule has 4 atom stereocenters. The third kappa shape index (κ3) is 2.65. The summed E-state index contributed by atoms with van der Waals surface area (Å²) in [5.74, 6) is -0.691. The van der Waals surface area contributed by atoms with Gasteiger partial charge in [-0.15, -0.1) is 0 Å². The first kappa shape index (κ1) is 18.4. The van der Waals surface area contributed by atoms with E-state index in [0.717, 1.165) is 19.3 Å². The molecule has 0 bridgehead atoms. The van der Waals surface area contributed by atoms with E-state index in [4.69, 9.17) is 10.5 Å². The smallest absolute Gasteiger partial charge is 0.341 e. The average molecular weight is 401 g/mol. The van der Waals surface area contributed by atoms with Crippen LogP contribution < -0.4 is 20.9 Å². The number of pyridine rings is 1. The first-order valence-corrected chi connectivity index (χ1v) is 10.1. The first-order chi connectivity index (χ1) is 13.9. The average Bonchev–Trinajstić information content (AvgIpc) is 3.10. The molecule has 3 aliphatic rings. The number of anilines is 1. The van der Waals surface area contributed by atoms with E-state index in [1.54, 1.807) is 6.92 Å². The quantitative estimate of drug-likeness (QED) is 0.802. The molecule has 1 aromatic carbocycles. The Bertz CT molecular complexity index is 1080. The Labute approximate surface area is 166 Å². The van der Waals surface area contributed by atoms with Gasteiger partial charge in [-0.2, -0.15) is 0 Å². The van der Waals surface area contributed by atoms with Gasteiger partial charge in [-0.3, -0.25) is 9.36 Å². The molecule has 0 amide bonds. The molecule has 0 unspecified atom stereocenters. The highest BCUT2D eigenvalue weighted by Crippen LogP contribution is 2.46. The minimum absolute atomic E-state index is 0.121. The molecular weight excluding hydrogens is 377 g/mol. The van der Waals surface area contributed by atoms with Crippen molar-refractivity contribution < 1.29 is 19.0 Å². The van der Waals surface area contributed by atoms with Gasteiger partial charge in [0.1, 0.15) is 17.9 Å². The molecule has 5 rings (SSSR count). The van der Waals surface area contributed by atoms with Gasteiger partial charge in [0, 0.05) is 24.5 Å². The van der Waals surface area contributed by atoms with Crippen molar-refractivity contribution in [3.05, 3.63) is 33.9 Å². The molecule has 3 N–H and O–H groups in total. The highest BCUT2D eigenvalue weighted by Gasteiger charge is 2.41. The van der Waals surface area contributed by atoms with Crippen LogP contribution >= 0.6 is 0 Å². The molecule has 0 radical (unpaired) electrons. The second kappa shape index (κ2) is 6.45. The van der Waals surface area contributed by atoms with E-state index < -0.39 is 17.3 Å². The molecule has 1 aromatic heterocycles. The van der Waals surface area contributed by atoms with E-state index >= 15 is 4.39 Å². The number of nitrogens with zero attached hydrogens (tertiary/aromatic N) is 2. The van der Waals surface area contributed by atoms with E-state index in [2.05, 4.69) is 0 Å². The van der Waals surface area contributed by atoms with Crippen molar-refractivity contribution in [1.29, 1.82) is 0 Å². The fourth-order valence-electron chi connectivity index (χ4n) is 5.41. The Morgan fingerprint density at radius 1 is 1.31 bits per heavy atom. The van der Waals surface area contributed by atoms with E-state index in [-0.39, 0.29) is 24.3 Å². The largest absolute Gasteiger partial charge is 0.487 e. The van der Waals surface area contributed by atoms with Crippen molar-refractivity contribution >= 4 is 22.6 Å². The number of rotatable bonds is 2. The summed E-state index contributed by atoms with van der Waals surface area (Å²) in [7, 11) is 0. The molecular formula is C21H24FN3O4. The van der Waals surface area contributed by atoms with Crippen LogP contribution in [0.25, 0.3) is 10.9 Å². The van der Waals surface area contributed by atoms with Crippen molar-refractivity contribution in [2.45, 2.75) is 38.3 Å². The Morgan fingerprint density at radius 2 is 2.10 bits per heavy atom. The lowest BCUT2D eigenvalue weighted by atomic mass is 9.78. The van der Waals surface area contributed by atoms with Gasteiger partial charge in [0.15, 0.2) is 11.6 Å². The SMILES string of the molecule is C[C@H]1COc2c(N3C[C@H]4CCC[C@@H](N)[C@H]4C3)c(F)cc3cc(C(=O)O)c(=O)n1c23. The standard InChI is InChI=1S/C21H24FN3O4/c1-10-9-29-19-17-12(5-13(21(27)28)20(26)25(10)17)6-15(22)18(19)24-7-11-3-2-4-16(23)14(11)8-24/h5-6,10-11,14,16H,2-4,7-9,23H2,1H3,(H,27,28)/t10-,11+,14-,16+/m0/s1. The molecule has 2 aromatic rings. The summed E-state index contributed by atoms with van der Waals surface area (Å²) in [6, 6.07) is 2.34. The number of carbonyl (C=O) groups is 1. The van der Waals surface area contributed by atoms with E-state index in [0.29, 0.717) is 47.3 Å². The Hall–Kier alpha value is -2.61. The van der Waals surface area contributed by atoms with Crippen LogP contribution in [0, 0.1) is 17.7 Å². The molecule has 154 valence electrons. The summed E-state index contributed by atoms with van der Waals surface area (Å²) in [4.78, 5) is 26.3. The number of carboxylic acids is 1. The second-order valence-electron chi connectivity index (χ2n) is 8.60. The van der Waals surface area contributed by atoms with Crippen LogP contribution in [0.5, 0.6) is 5.75 Å². The predicted octanol–water partition coefficient (Wildman–Crippen LogP) is 2.36. The third-order valence-electron chi connectivity index (χ3n) is 6.81. The van der Waals surface area contributed by atoms with Crippen LogP contribution in [0.4, 0.5) is 10.1 Å². The van der Waals surface area contributed by atoms with E-state index in [9.17, 15) is 14.7 Å². The predicted molar refractivity (Wildman–Crippen MR) is 106 cm³/mol. The molecule has 2 aliphatic heterocycles. The zero-order valence-corrected chi connectivity index (χ0v) is 16.2. The summed E-state index contributed by atoms with van der Waals surface area (Å²) in [5, 5.41) is 9.76. The summed E-state index contributed by atoms with van der Waals surface area (Å²) in [5.41, 5.74) is 6.21. The van der Waals surface area contributed by atoms with Crippen molar-refractivity contribution in [3.63, 3.8) is 0 Å². The van der Waals surface area contributed by atoms with Gasteiger partial charge in [-0.25, -0.2) is 9.18 Å².